The van der Waals surface area contributed by atoms with Crippen LogP contribution >= 0.6 is 0 Å². The first kappa shape index (κ1) is 25.1. The molecule has 5 nitrogen and oxygen atoms in total. The second-order valence-corrected chi connectivity index (χ2v) is 9.28. The highest BCUT2D eigenvalue weighted by Crippen LogP contribution is 2.26. The monoisotopic (exact) mass is 425 g/mol. The predicted octanol–water partition coefficient (Wildman–Crippen LogP) is 5.74. The van der Waals surface area contributed by atoms with E-state index in [1.807, 2.05) is 6.92 Å². The minimum atomic E-state index is 0.196. The topological polar surface area (TPSA) is 67.1 Å². The summed E-state index contributed by atoms with van der Waals surface area (Å²) in [6, 6.07) is 6.94. The molecule has 0 atom stereocenters. The molecule has 0 fully saturated rings. The van der Waals surface area contributed by atoms with Gasteiger partial charge in [0.05, 0.1) is 0 Å². The summed E-state index contributed by atoms with van der Waals surface area (Å²) in [6.07, 6.45) is 6.52. The van der Waals surface area contributed by atoms with E-state index in [1.54, 1.807) is 0 Å². The summed E-state index contributed by atoms with van der Waals surface area (Å²) in [7, 11) is 2.22. The van der Waals surface area contributed by atoms with Crippen molar-refractivity contribution in [1.29, 1.82) is 0 Å². The Morgan fingerprint density at radius 2 is 1.81 bits per heavy atom. The number of nitrogen functional groups attached to an aromatic ring is 1. The van der Waals surface area contributed by atoms with Gasteiger partial charge in [0.2, 0.25) is 5.95 Å². The van der Waals surface area contributed by atoms with Crippen molar-refractivity contribution < 1.29 is 0 Å². The molecule has 31 heavy (non-hydrogen) atoms. The maximum atomic E-state index is 5.95. The van der Waals surface area contributed by atoms with Crippen LogP contribution in [0.4, 0.5) is 11.8 Å². The summed E-state index contributed by atoms with van der Waals surface area (Å²) in [5.74, 6) is 1.23. The van der Waals surface area contributed by atoms with Crippen LogP contribution in [0.2, 0.25) is 0 Å². The molecular weight excluding hydrogens is 382 g/mol. The highest BCUT2D eigenvalue weighted by molar-refractivity contribution is 5.52. The molecule has 0 radical (unpaired) electrons. The molecular formula is C26H43N5. The maximum absolute atomic E-state index is 5.95. The molecule has 0 saturated carbocycles. The van der Waals surface area contributed by atoms with E-state index in [0.717, 1.165) is 55.8 Å². The minimum Gasteiger partial charge on any atom is -0.370 e. The van der Waals surface area contributed by atoms with Gasteiger partial charge in [0.1, 0.15) is 5.82 Å². The molecule has 172 valence electrons. The first-order valence-electron chi connectivity index (χ1n) is 11.9. The lowest BCUT2D eigenvalue weighted by Gasteiger charge is -2.35. The van der Waals surface area contributed by atoms with Crippen molar-refractivity contribution in [3.8, 4) is 0 Å². The van der Waals surface area contributed by atoms with E-state index in [0.29, 0.717) is 5.95 Å². The van der Waals surface area contributed by atoms with Gasteiger partial charge in [0, 0.05) is 36.3 Å². The van der Waals surface area contributed by atoms with Gasteiger partial charge in [-0.3, -0.25) is 4.90 Å². The Morgan fingerprint density at radius 1 is 1.06 bits per heavy atom. The van der Waals surface area contributed by atoms with Gasteiger partial charge in [-0.25, -0.2) is 4.98 Å². The average molecular weight is 426 g/mol. The largest absolute Gasteiger partial charge is 0.370 e. The number of benzene rings is 1. The third kappa shape index (κ3) is 6.93. The van der Waals surface area contributed by atoms with E-state index in [1.165, 1.54) is 29.5 Å². The van der Waals surface area contributed by atoms with Gasteiger partial charge in [-0.2, -0.15) is 4.98 Å². The van der Waals surface area contributed by atoms with Gasteiger partial charge in [-0.1, -0.05) is 51.8 Å². The fraction of sp³-hybridized carbons (Fsp3) is 0.615. The van der Waals surface area contributed by atoms with Gasteiger partial charge in [0.25, 0.3) is 0 Å². The molecule has 0 aliphatic heterocycles. The van der Waals surface area contributed by atoms with E-state index in [4.69, 9.17) is 5.73 Å². The van der Waals surface area contributed by atoms with E-state index in [9.17, 15) is 0 Å². The maximum Gasteiger partial charge on any atom is 0.222 e. The number of nitrogens with two attached hydrogens (primary N) is 1. The molecule has 0 aliphatic rings. The molecule has 1 aromatic carbocycles. The van der Waals surface area contributed by atoms with Gasteiger partial charge >= 0.3 is 0 Å². The van der Waals surface area contributed by atoms with Crippen LogP contribution in [0, 0.1) is 6.92 Å². The zero-order valence-corrected chi connectivity index (χ0v) is 20.8. The first-order valence-corrected chi connectivity index (χ1v) is 11.9. The van der Waals surface area contributed by atoms with Gasteiger partial charge < -0.3 is 11.1 Å². The average Bonchev–Trinajstić information content (AvgIpc) is 2.74. The molecule has 0 unspecified atom stereocenters. The summed E-state index contributed by atoms with van der Waals surface area (Å²) in [5, 5.41) is 3.51. The summed E-state index contributed by atoms with van der Waals surface area (Å²) >= 11 is 0. The standard InChI is InChI=1S/C26H43N5/c1-8-11-12-15-28-24-23(19(4)29-25(27)30-24)17-22-14-13-20(16-21(22)9-2)18-31(7)26(5,6)10-3/h13-14,16H,8-12,15,17-18H2,1-7H3,(H3,27,28,29,30). The van der Waals surface area contributed by atoms with Crippen molar-refractivity contribution in [3.63, 3.8) is 0 Å². The van der Waals surface area contributed by atoms with Gasteiger partial charge in [0.15, 0.2) is 0 Å². The minimum absolute atomic E-state index is 0.196. The molecule has 1 aromatic heterocycles. The number of unbranched alkanes of at least 4 members (excludes halogenated alkanes) is 2. The predicted molar refractivity (Wildman–Crippen MR) is 134 cm³/mol. The van der Waals surface area contributed by atoms with Gasteiger partial charge in [-0.15, -0.1) is 0 Å². The highest BCUT2D eigenvalue weighted by Gasteiger charge is 2.21. The number of nitrogens with one attached hydrogen (secondary N) is 1. The zero-order valence-electron chi connectivity index (χ0n) is 20.8. The number of aryl methyl sites for hydroxylation is 2. The van der Waals surface area contributed by atoms with E-state index < -0.39 is 0 Å². The fourth-order valence-corrected chi connectivity index (χ4v) is 3.78. The van der Waals surface area contributed by atoms with Crippen molar-refractivity contribution in [2.24, 2.45) is 0 Å². The Bertz CT molecular complexity index is 844. The van der Waals surface area contributed by atoms with Crippen molar-refractivity contribution in [2.45, 2.75) is 92.2 Å². The molecule has 3 N–H and O–H groups in total. The molecule has 0 amide bonds. The van der Waals surface area contributed by atoms with Crippen molar-refractivity contribution in [3.05, 3.63) is 46.1 Å². The number of hydrogen-bond donors (Lipinski definition) is 2. The lowest BCUT2D eigenvalue weighted by molar-refractivity contribution is 0.143. The third-order valence-corrected chi connectivity index (χ3v) is 6.64. The van der Waals surface area contributed by atoms with Gasteiger partial charge in [-0.05, 0) is 63.8 Å². The normalized spacial score (nSPS) is 11.9. The van der Waals surface area contributed by atoms with Crippen LogP contribution in [0.1, 0.15) is 88.2 Å². The van der Waals surface area contributed by atoms with E-state index in [-0.39, 0.29) is 5.54 Å². The van der Waals surface area contributed by atoms with E-state index >= 15 is 0 Å². The number of rotatable bonds is 12. The molecule has 1 heterocycles. The molecule has 2 aromatic rings. The zero-order chi connectivity index (χ0) is 23.0. The lowest BCUT2D eigenvalue weighted by atomic mass is 9.94. The third-order valence-electron chi connectivity index (χ3n) is 6.64. The fourth-order valence-electron chi connectivity index (χ4n) is 3.78. The molecule has 0 saturated heterocycles. The number of hydrogen-bond acceptors (Lipinski definition) is 5. The Hall–Kier alpha value is -2.14. The van der Waals surface area contributed by atoms with Crippen molar-refractivity contribution in [2.75, 3.05) is 24.6 Å². The van der Waals surface area contributed by atoms with Crippen LogP contribution in [0.25, 0.3) is 0 Å². The number of anilines is 2. The van der Waals surface area contributed by atoms with Crippen LogP contribution in [0.15, 0.2) is 18.2 Å². The van der Waals surface area contributed by atoms with Crippen LogP contribution in [-0.2, 0) is 19.4 Å². The number of nitrogens with zero attached hydrogens (tertiary/aromatic N) is 3. The van der Waals surface area contributed by atoms with Crippen LogP contribution < -0.4 is 11.1 Å². The second-order valence-electron chi connectivity index (χ2n) is 9.28. The van der Waals surface area contributed by atoms with Crippen LogP contribution in [0.3, 0.4) is 0 Å². The molecule has 5 heteroatoms. The lowest BCUT2D eigenvalue weighted by Crippen LogP contribution is -2.39. The summed E-state index contributed by atoms with van der Waals surface area (Å²) in [6.45, 7) is 15.2. The quantitative estimate of drug-likeness (QED) is 0.424. The van der Waals surface area contributed by atoms with Crippen LogP contribution in [-0.4, -0.2) is 34.0 Å². The molecule has 0 bridgehead atoms. The first-order chi connectivity index (χ1) is 14.7. The number of aromatic nitrogens is 2. The summed E-state index contributed by atoms with van der Waals surface area (Å²) in [4.78, 5) is 11.4. The second kappa shape index (κ2) is 11.5. The Balaban J connectivity index is 2.26. The Labute approximate surface area is 189 Å². The highest BCUT2D eigenvalue weighted by atomic mass is 15.2. The summed E-state index contributed by atoms with van der Waals surface area (Å²) < 4.78 is 0. The molecule has 0 aliphatic carbocycles. The molecule has 0 spiro atoms. The van der Waals surface area contributed by atoms with Crippen LogP contribution in [0.5, 0.6) is 0 Å². The van der Waals surface area contributed by atoms with Crippen molar-refractivity contribution in [1.82, 2.24) is 14.9 Å². The smallest absolute Gasteiger partial charge is 0.222 e. The summed E-state index contributed by atoms with van der Waals surface area (Å²) in [5.41, 5.74) is 12.4. The van der Waals surface area contributed by atoms with E-state index in [2.05, 4.69) is 80.1 Å². The van der Waals surface area contributed by atoms with Crippen molar-refractivity contribution >= 4 is 11.8 Å². The Morgan fingerprint density at radius 3 is 2.45 bits per heavy atom. The Kier molecular flexibility index (Phi) is 9.30. The molecule has 2 rings (SSSR count). The SMILES string of the molecule is CCCCCNc1nc(N)nc(C)c1Cc1ccc(CN(C)C(C)(C)CC)cc1CC.